The van der Waals surface area contributed by atoms with Crippen molar-refractivity contribution in [2.45, 2.75) is 58.4 Å². The summed E-state index contributed by atoms with van der Waals surface area (Å²) in [4.78, 5) is 4.63. The molecule has 0 bridgehead atoms. The van der Waals surface area contributed by atoms with Crippen molar-refractivity contribution < 1.29 is 0 Å². The maximum atomic E-state index is 9.50. The minimum absolute atomic E-state index is 0.415. The van der Waals surface area contributed by atoms with Gasteiger partial charge in [0.1, 0.15) is 6.07 Å². The van der Waals surface area contributed by atoms with Crippen molar-refractivity contribution in [1.82, 2.24) is 9.55 Å². The zero-order chi connectivity index (χ0) is 14.3. The van der Waals surface area contributed by atoms with E-state index >= 15 is 0 Å². The molecule has 104 valence electrons. The molecule has 1 atom stereocenters. The molecule has 0 radical (unpaired) electrons. The van der Waals surface area contributed by atoms with Crippen LogP contribution < -0.4 is 0 Å². The third-order valence-corrected chi connectivity index (χ3v) is 4.41. The Morgan fingerprint density at radius 1 is 1.50 bits per heavy atom. The van der Waals surface area contributed by atoms with Crippen LogP contribution in [0.1, 0.15) is 68.4 Å². The van der Waals surface area contributed by atoms with Gasteiger partial charge in [-0.2, -0.15) is 5.26 Å². The molecule has 3 heteroatoms. The smallest absolute Gasteiger partial charge is 0.102 e. The van der Waals surface area contributed by atoms with Crippen LogP contribution in [0.5, 0.6) is 0 Å². The van der Waals surface area contributed by atoms with Gasteiger partial charge in [0.25, 0.3) is 0 Å². The molecular weight excluding hydrogens is 246 g/mol. The van der Waals surface area contributed by atoms with Crippen LogP contribution >= 0.6 is 0 Å². The van der Waals surface area contributed by atoms with Gasteiger partial charge in [0.15, 0.2) is 0 Å². The lowest BCUT2D eigenvalue weighted by atomic mass is 10.1. The van der Waals surface area contributed by atoms with Gasteiger partial charge >= 0.3 is 0 Å². The summed E-state index contributed by atoms with van der Waals surface area (Å²) in [7, 11) is 0. The van der Waals surface area contributed by atoms with Gasteiger partial charge < -0.3 is 4.57 Å². The number of nitrogens with zero attached hydrogens (tertiary/aromatic N) is 3. The molecule has 3 nitrogen and oxygen atoms in total. The van der Waals surface area contributed by atoms with Crippen molar-refractivity contribution in [2.75, 3.05) is 0 Å². The molecule has 1 aliphatic rings. The van der Waals surface area contributed by atoms with Crippen LogP contribution in [0.2, 0.25) is 0 Å². The average molecular weight is 267 g/mol. The Hall–Kier alpha value is -1.82. The van der Waals surface area contributed by atoms with Gasteiger partial charge in [0, 0.05) is 28.7 Å². The van der Waals surface area contributed by atoms with Crippen molar-refractivity contribution in [1.29, 1.82) is 5.26 Å². The maximum absolute atomic E-state index is 9.50. The molecule has 1 aliphatic carbocycles. The van der Waals surface area contributed by atoms with E-state index in [1.165, 1.54) is 12.8 Å². The zero-order valence-electron chi connectivity index (χ0n) is 12.5. The summed E-state index contributed by atoms with van der Waals surface area (Å²) in [5.41, 5.74) is 4.18. The minimum Gasteiger partial charge on any atom is -0.339 e. The predicted octanol–water partition coefficient (Wildman–Crippen LogP) is 4.45. The SMILES string of the molecule is CCCC(C)n1c(C)c(C#N)c2cc(C3CC3)ncc21. The van der Waals surface area contributed by atoms with Crippen LogP contribution in [0.25, 0.3) is 10.9 Å². The quantitative estimate of drug-likeness (QED) is 0.821. The second-order valence-corrected chi connectivity index (χ2v) is 5.98. The minimum atomic E-state index is 0.415. The first-order valence-corrected chi connectivity index (χ1v) is 7.57. The number of rotatable bonds is 4. The number of fused-ring (bicyclic) bond motifs is 1. The molecule has 0 amide bonds. The van der Waals surface area contributed by atoms with Crippen LogP contribution in [0, 0.1) is 18.3 Å². The van der Waals surface area contributed by atoms with Gasteiger partial charge in [-0.1, -0.05) is 13.3 Å². The zero-order valence-corrected chi connectivity index (χ0v) is 12.5. The topological polar surface area (TPSA) is 41.6 Å². The predicted molar refractivity (Wildman–Crippen MR) is 80.8 cm³/mol. The fourth-order valence-corrected chi connectivity index (χ4v) is 3.21. The molecule has 0 aliphatic heterocycles. The second-order valence-electron chi connectivity index (χ2n) is 5.98. The van der Waals surface area contributed by atoms with Crippen LogP contribution in [0.3, 0.4) is 0 Å². The maximum Gasteiger partial charge on any atom is 0.102 e. The molecule has 2 aromatic heterocycles. The first-order valence-electron chi connectivity index (χ1n) is 7.57. The third kappa shape index (κ3) is 2.00. The summed E-state index contributed by atoms with van der Waals surface area (Å²) in [6, 6.07) is 4.96. The van der Waals surface area contributed by atoms with E-state index in [2.05, 4.69) is 42.5 Å². The first-order chi connectivity index (χ1) is 9.67. The van der Waals surface area contributed by atoms with Gasteiger partial charge in [0.05, 0.1) is 17.3 Å². The Balaban J connectivity index is 2.20. The summed E-state index contributed by atoms with van der Waals surface area (Å²) in [5, 5.41) is 10.6. The highest BCUT2D eigenvalue weighted by Crippen LogP contribution is 2.40. The Kier molecular flexibility index (Phi) is 3.25. The van der Waals surface area contributed by atoms with Crippen molar-refractivity contribution in [2.24, 2.45) is 0 Å². The number of aromatic nitrogens is 2. The van der Waals surface area contributed by atoms with E-state index < -0.39 is 0 Å². The fourth-order valence-electron chi connectivity index (χ4n) is 3.21. The Bertz CT molecular complexity index is 686. The molecule has 0 saturated heterocycles. The van der Waals surface area contributed by atoms with Crippen LogP contribution in [-0.2, 0) is 0 Å². The molecule has 2 heterocycles. The molecule has 1 saturated carbocycles. The van der Waals surface area contributed by atoms with Gasteiger partial charge in [-0.05, 0) is 39.2 Å². The van der Waals surface area contributed by atoms with Crippen molar-refractivity contribution in [3.05, 3.63) is 29.2 Å². The van der Waals surface area contributed by atoms with E-state index in [0.717, 1.165) is 40.7 Å². The lowest BCUT2D eigenvalue weighted by molar-refractivity contribution is 0.505. The summed E-state index contributed by atoms with van der Waals surface area (Å²) < 4.78 is 2.29. The van der Waals surface area contributed by atoms with E-state index in [-0.39, 0.29) is 0 Å². The first kappa shape index (κ1) is 13.2. The molecule has 1 fully saturated rings. The monoisotopic (exact) mass is 267 g/mol. The standard InChI is InChI=1S/C17H21N3/c1-4-5-11(2)20-12(3)15(9-18)14-8-16(13-6-7-13)19-10-17(14)20/h8,10-11,13H,4-7H2,1-3H3. The molecule has 3 rings (SSSR count). The van der Waals surface area contributed by atoms with Gasteiger partial charge in [0.2, 0.25) is 0 Å². The normalized spacial score (nSPS) is 16.3. The van der Waals surface area contributed by atoms with E-state index in [0.29, 0.717) is 12.0 Å². The van der Waals surface area contributed by atoms with E-state index in [1.54, 1.807) is 0 Å². The summed E-state index contributed by atoms with van der Waals surface area (Å²) in [6.45, 7) is 6.49. The van der Waals surface area contributed by atoms with E-state index in [1.807, 2.05) is 6.20 Å². The highest BCUT2D eigenvalue weighted by atomic mass is 15.0. The number of pyridine rings is 1. The molecule has 20 heavy (non-hydrogen) atoms. The second kappa shape index (κ2) is 4.94. The number of nitriles is 1. The Labute approximate surface area is 120 Å². The van der Waals surface area contributed by atoms with Crippen LogP contribution in [0.4, 0.5) is 0 Å². The van der Waals surface area contributed by atoms with E-state index in [4.69, 9.17) is 0 Å². The molecule has 0 spiro atoms. The lowest BCUT2D eigenvalue weighted by Crippen LogP contribution is -2.06. The molecule has 2 aromatic rings. The lowest BCUT2D eigenvalue weighted by Gasteiger charge is -2.16. The molecule has 0 N–H and O–H groups in total. The van der Waals surface area contributed by atoms with Gasteiger partial charge in [-0.15, -0.1) is 0 Å². The molecule has 0 aromatic carbocycles. The van der Waals surface area contributed by atoms with Gasteiger partial charge in [-0.25, -0.2) is 0 Å². The fraction of sp³-hybridized carbons (Fsp3) is 0.529. The molecule has 1 unspecified atom stereocenters. The highest BCUT2D eigenvalue weighted by molar-refractivity contribution is 5.88. The van der Waals surface area contributed by atoms with Crippen molar-refractivity contribution in [3.8, 4) is 6.07 Å². The Morgan fingerprint density at radius 3 is 2.85 bits per heavy atom. The Morgan fingerprint density at radius 2 is 2.25 bits per heavy atom. The summed E-state index contributed by atoms with van der Waals surface area (Å²) in [5.74, 6) is 0.627. The third-order valence-electron chi connectivity index (χ3n) is 4.41. The average Bonchev–Trinajstić information content (AvgIpc) is 3.22. The summed E-state index contributed by atoms with van der Waals surface area (Å²) >= 11 is 0. The van der Waals surface area contributed by atoms with Crippen LogP contribution in [0.15, 0.2) is 12.3 Å². The number of hydrogen-bond acceptors (Lipinski definition) is 2. The van der Waals surface area contributed by atoms with E-state index in [9.17, 15) is 5.26 Å². The largest absolute Gasteiger partial charge is 0.339 e. The highest BCUT2D eigenvalue weighted by Gasteiger charge is 2.26. The van der Waals surface area contributed by atoms with Crippen molar-refractivity contribution in [3.63, 3.8) is 0 Å². The van der Waals surface area contributed by atoms with Crippen LogP contribution in [-0.4, -0.2) is 9.55 Å². The van der Waals surface area contributed by atoms with Gasteiger partial charge in [-0.3, -0.25) is 4.98 Å². The molecular formula is C17H21N3. The summed E-state index contributed by atoms with van der Waals surface area (Å²) in [6.07, 6.45) is 6.73. The van der Waals surface area contributed by atoms with Crippen molar-refractivity contribution >= 4 is 10.9 Å². The number of hydrogen-bond donors (Lipinski definition) is 0.